The first-order chi connectivity index (χ1) is 13.8. The van der Waals surface area contributed by atoms with Crippen molar-refractivity contribution in [3.8, 4) is 11.5 Å². The summed E-state index contributed by atoms with van der Waals surface area (Å²) in [5.41, 5.74) is 2.05. The summed E-state index contributed by atoms with van der Waals surface area (Å²) in [7, 11) is 0. The lowest BCUT2D eigenvalue weighted by molar-refractivity contribution is 0.422. The van der Waals surface area contributed by atoms with Crippen molar-refractivity contribution < 1.29 is 4.52 Å². The molecule has 28 heavy (non-hydrogen) atoms. The van der Waals surface area contributed by atoms with Crippen molar-refractivity contribution in [2.24, 2.45) is 0 Å². The fraction of sp³-hybridized carbons (Fsp3) is 0.250. The number of pyridine rings is 1. The number of rotatable bonds is 8. The van der Waals surface area contributed by atoms with Gasteiger partial charge in [-0.25, -0.2) is 9.97 Å². The van der Waals surface area contributed by atoms with Crippen molar-refractivity contribution in [1.82, 2.24) is 29.9 Å². The zero-order chi connectivity index (χ0) is 19.2. The number of aryl methyl sites for hydroxylation is 2. The number of benzene rings is 1. The Kier molecular flexibility index (Phi) is 5.37. The van der Waals surface area contributed by atoms with Crippen LogP contribution >= 0.6 is 0 Å². The van der Waals surface area contributed by atoms with Crippen molar-refractivity contribution in [2.75, 3.05) is 5.32 Å². The van der Waals surface area contributed by atoms with Gasteiger partial charge in [0.05, 0.1) is 12.1 Å². The van der Waals surface area contributed by atoms with Crippen LogP contribution < -0.4 is 5.32 Å². The van der Waals surface area contributed by atoms with Crippen LogP contribution in [0.5, 0.6) is 0 Å². The Morgan fingerprint density at radius 1 is 1.11 bits per heavy atom. The maximum atomic E-state index is 5.39. The molecule has 0 bridgehead atoms. The predicted octanol–water partition coefficient (Wildman–Crippen LogP) is 3.01. The van der Waals surface area contributed by atoms with Gasteiger partial charge >= 0.3 is 0 Å². The van der Waals surface area contributed by atoms with Crippen LogP contribution in [-0.2, 0) is 19.4 Å². The topological polar surface area (TPSA) is 94.6 Å². The Morgan fingerprint density at radius 2 is 2.00 bits per heavy atom. The maximum absolute atomic E-state index is 5.39. The molecular weight excluding hydrogens is 354 g/mol. The average molecular weight is 375 g/mol. The van der Waals surface area contributed by atoms with E-state index < -0.39 is 0 Å². The fourth-order valence-electron chi connectivity index (χ4n) is 2.89. The first-order valence-corrected chi connectivity index (χ1v) is 9.18. The third-order valence-corrected chi connectivity index (χ3v) is 4.28. The Morgan fingerprint density at radius 3 is 2.75 bits per heavy atom. The summed E-state index contributed by atoms with van der Waals surface area (Å²) in [5, 5.41) is 11.5. The Balaban J connectivity index is 1.34. The van der Waals surface area contributed by atoms with E-state index in [0.29, 0.717) is 18.3 Å². The van der Waals surface area contributed by atoms with Crippen molar-refractivity contribution in [1.29, 1.82) is 0 Å². The van der Waals surface area contributed by atoms with E-state index in [1.807, 2.05) is 30.3 Å². The van der Waals surface area contributed by atoms with Gasteiger partial charge in [-0.3, -0.25) is 4.68 Å². The lowest BCUT2D eigenvalue weighted by Gasteiger charge is -2.14. The second kappa shape index (κ2) is 8.43. The van der Waals surface area contributed by atoms with Crippen LogP contribution in [0.1, 0.15) is 18.3 Å². The molecule has 0 amide bonds. The highest BCUT2D eigenvalue weighted by Crippen LogP contribution is 2.18. The van der Waals surface area contributed by atoms with Gasteiger partial charge in [-0.15, -0.1) is 0 Å². The van der Waals surface area contributed by atoms with E-state index >= 15 is 0 Å². The van der Waals surface area contributed by atoms with Gasteiger partial charge in [0, 0.05) is 18.7 Å². The SMILES string of the molecule is CC(Cn1cncn1)Nc1ccc(-c2nc(CCc3ccccc3)no2)cn1. The third-order valence-electron chi connectivity index (χ3n) is 4.28. The van der Waals surface area contributed by atoms with Crippen molar-refractivity contribution in [3.63, 3.8) is 0 Å². The molecule has 0 aliphatic heterocycles. The van der Waals surface area contributed by atoms with Crippen LogP contribution in [0, 0.1) is 0 Å². The monoisotopic (exact) mass is 375 g/mol. The van der Waals surface area contributed by atoms with Crippen LogP contribution in [0.25, 0.3) is 11.5 Å². The number of hydrogen-bond donors (Lipinski definition) is 1. The molecule has 8 nitrogen and oxygen atoms in total. The minimum absolute atomic E-state index is 0.160. The number of anilines is 1. The van der Waals surface area contributed by atoms with Crippen LogP contribution in [0.3, 0.4) is 0 Å². The Hall–Kier alpha value is -3.55. The van der Waals surface area contributed by atoms with Crippen molar-refractivity contribution in [2.45, 2.75) is 32.4 Å². The minimum atomic E-state index is 0.160. The van der Waals surface area contributed by atoms with Crippen LogP contribution in [0.4, 0.5) is 5.82 Å². The number of nitrogens with zero attached hydrogens (tertiary/aromatic N) is 6. The number of hydrogen-bond acceptors (Lipinski definition) is 7. The van der Waals surface area contributed by atoms with Gasteiger partial charge in [-0.2, -0.15) is 10.1 Å². The summed E-state index contributed by atoms with van der Waals surface area (Å²) in [6, 6.07) is 14.3. The summed E-state index contributed by atoms with van der Waals surface area (Å²) < 4.78 is 7.17. The molecule has 1 atom stereocenters. The van der Waals surface area contributed by atoms with Crippen LogP contribution in [-0.4, -0.2) is 35.9 Å². The molecule has 0 saturated carbocycles. The minimum Gasteiger partial charge on any atom is -0.366 e. The van der Waals surface area contributed by atoms with E-state index in [4.69, 9.17) is 4.52 Å². The standard InChI is InChI=1S/C20H21N7O/c1-15(12-27-14-21-13-23-27)24-18-10-8-17(11-22-18)20-25-19(26-28-20)9-7-16-5-3-2-4-6-16/h2-6,8,10-11,13-15H,7,9,12H2,1H3,(H,22,24). The van der Waals surface area contributed by atoms with Crippen LogP contribution in [0.2, 0.25) is 0 Å². The molecular formula is C20H21N7O. The highest BCUT2D eigenvalue weighted by molar-refractivity contribution is 5.54. The lowest BCUT2D eigenvalue weighted by atomic mass is 10.1. The normalized spacial score (nSPS) is 12.0. The quantitative estimate of drug-likeness (QED) is 0.506. The first kappa shape index (κ1) is 17.8. The van der Waals surface area contributed by atoms with E-state index in [9.17, 15) is 0 Å². The zero-order valence-corrected chi connectivity index (χ0v) is 15.6. The molecule has 0 fully saturated rings. The molecule has 142 valence electrons. The molecule has 4 rings (SSSR count). The molecule has 0 aliphatic rings. The molecule has 3 aromatic heterocycles. The van der Waals surface area contributed by atoms with E-state index in [1.165, 1.54) is 11.9 Å². The predicted molar refractivity (Wildman–Crippen MR) is 104 cm³/mol. The highest BCUT2D eigenvalue weighted by Gasteiger charge is 2.10. The maximum Gasteiger partial charge on any atom is 0.259 e. The van der Waals surface area contributed by atoms with Gasteiger partial charge in [0.15, 0.2) is 5.82 Å². The second-order valence-corrected chi connectivity index (χ2v) is 6.60. The molecule has 0 aliphatic carbocycles. The van der Waals surface area contributed by atoms with E-state index in [-0.39, 0.29) is 6.04 Å². The van der Waals surface area contributed by atoms with Gasteiger partial charge in [0.1, 0.15) is 18.5 Å². The van der Waals surface area contributed by atoms with Gasteiger partial charge in [0.25, 0.3) is 5.89 Å². The third kappa shape index (κ3) is 4.59. The van der Waals surface area contributed by atoms with Gasteiger partial charge < -0.3 is 9.84 Å². The molecule has 3 heterocycles. The molecule has 1 N–H and O–H groups in total. The average Bonchev–Trinajstić information content (AvgIpc) is 3.40. The molecule has 0 spiro atoms. The summed E-state index contributed by atoms with van der Waals surface area (Å²) in [4.78, 5) is 12.9. The summed E-state index contributed by atoms with van der Waals surface area (Å²) >= 11 is 0. The largest absolute Gasteiger partial charge is 0.366 e. The van der Waals surface area contributed by atoms with Crippen molar-refractivity contribution >= 4 is 5.82 Å². The van der Waals surface area contributed by atoms with E-state index in [2.05, 4.69) is 49.6 Å². The molecule has 1 aromatic carbocycles. The number of nitrogens with one attached hydrogen (secondary N) is 1. The molecule has 8 heteroatoms. The van der Waals surface area contributed by atoms with Gasteiger partial charge in [-0.05, 0) is 31.0 Å². The molecule has 1 unspecified atom stereocenters. The molecule has 0 saturated heterocycles. The second-order valence-electron chi connectivity index (χ2n) is 6.60. The van der Waals surface area contributed by atoms with Gasteiger partial charge in [0.2, 0.25) is 0 Å². The van der Waals surface area contributed by atoms with E-state index in [1.54, 1.807) is 17.2 Å². The summed E-state index contributed by atoms with van der Waals surface area (Å²) in [5.74, 6) is 1.96. The van der Waals surface area contributed by atoms with Crippen molar-refractivity contribution in [3.05, 3.63) is 72.7 Å². The highest BCUT2D eigenvalue weighted by atomic mass is 16.5. The Labute approximate surface area is 162 Å². The van der Waals surface area contributed by atoms with Crippen LogP contribution in [0.15, 0.2) is 65.8 Å². The smallest absolute Gasteiger partial charge is 0.259 e. The number of aromatic nitrogens is 6. The Bertz CT molecular complexity index is 981. The molecule has 0 radical (unpaired) electrons. The van der Waals surface area contributed by atoms with E-state index in [0.717, 1.165) is 24.2 Å². The molecule has 4 aromatic rings. The fourth-order valence-corrected chi connectivity index (χ4v) is 2.89. The first-order valence-electron chi connectivity index (χ1n) is 9.18. The zero-order valence-electron chi connectivity index (χ0n) is 15.6. The van der Waals surface area contributed by atoms with Gasteiger partial charge in [-0.1, -0.05) is 35.5 Å². The lowest BCUT2D eigenvalue weighted by Crippen LogP contribution is -2.22. The summed E-state index contributed by atoms with van der Waals surface area (Å²) in [6.45, 7) is 2.77. The summed E-state index contributed by atoms with van der Waals surface area (Å²) in [6.07, 6.45) is 6.57.